The van der Waals surface area contributed by atoms with Gasteiger partial charge in [0.25, 0.3) is 5.56 Å². The normalized spacial score (nSPS) is 16.1. The van der Waals surface area contributed by atoms with Gasteiger partial charge < -0.3 is 4.57 Å². The molecule has 1 aliphatic carbocycles. The first-order valence-corrected chi connectivity index (χ1v) is 15.8. The number of thiazole rings is 1. The number of rotatable bonds is 4. The number of aryl methyl sites for hydroxylation is 1. The Hall–Kier alpha value is -4.16. The second-order valence-electron chi connectivity index (χ2n) is 11.0. The molecule has 6 aromatic rings. The number of nitrogens with zero attached hydrogens (tertiary/aromatic N) is 3. The van der Waals surface area contributed by atoms with Gasteiger partial charge in [0.1, 0.15) is 0 Å². The minimum absolute atomic E-state index is 0.00988. The molecule has 4 nitrogen and oxygen atoms in total. The van der Waals surface area contributed by atoms with Gasteiger partial charge in [-0.15, -0.1) is 0 Å². The summed E-state index contributed by atoms with van der Waals surface area (Å²) in [6, 6.07) is 32.7. The molecule has 0 saturated carbocycles. The standard InChI is InChI=1S/C36H25Cl2N3OS/c37-29-17-14-22(18-30(29)38)20-40-21-25(26-11-6-7-13-31(26)40)19-32-35(42)41-34(24-9-2-1-3-10-24)28-16-15-23-8-4-5-12-27(23)33(28)39-36(41)43-32/h1-14,17-19,21,34H,15-16,20H2/b32-19-/t34-/m0/s1. The first-order valence-electron chi connectivity index (χ1n) is 14.2. The van der Waals surface area contributed by atoms with Crippen LogP contribution >= 0.6 is 34.5 Å². The number of halogens is 2. The molecular formula is C36H25Cl2N3OS. The van der Waals surface area contributed by atoms with Crippen molar-refractivity contribution in [3.05, 3.63) is 166 Å². The molecule has 1 aliphatic heterocycles. The highest BCUT2D eigenvalue weighted by Gasteiger charge is 2.32. The molecule has 0 bridgehead atoms. The Labute approximate surface area is 262 Å². The molecule has 43 heavy (non-hydrogen) atoms. The lowest BCUT2D eigenvalue weighted by Crippen LogP contribution is -2.38. The van der Waals surface area contributed by atoms with Gasteiger partial charge in [0, 0.05) is 34.8 Å². The van der Waals surface area contributed by atoms with Crippen LogP contribution in [0.1, 0.15) is 40.3 Å². The Kier molecular flexibility index (Phi) is 6.48. The first-order chi connectivity index (χ1) is 21.0. The lowest BCUT2D eigenvalue weighted by Gasteiger charge is -2.30. The van der Waals surface area contributed by atoms with Crippen molar-refractivity contribution < 1.29 is 0 Å². The fraction of sp³-hybridized carbons (Fsp3) is 0.111. The van der Waals surface area contributed by atoms with E-state index in [-0.39, 0.29) is 11.6 Å². The van der Waals surface area contributed by atoms with Crippen LogP contribution in [0, 0.1) is 0 Å². The molecule has 0 N–H and O–H groups in total. The van der Waals surface area contributed by atoms with Gasteiger partial charge in [0.05, 0.1) is 26.3 Å². The number of aromatic nitrogens is 2. The lowest BCUT2D eigenvalue weighted by atomic mass is 9.83. The predicted octanol–water partition coefficient (Wildman–Crippen LogP) is 7.63. The van der Waals surface area contributed by atoms with Crippen LogP contribution in [0.5, 0.6) is 0 Å². The summed E-state index contributed by atoms with van der Waals surface area (Å²) in [7, 11) is 0. The van der Waals surface area contributed by atoms with Gasteiger partial charge in [-0.25, -0.2) is 4.99 Å². The van der Waals surface area contributed by atoms with Crippen LogP contribution in [-0.4, -0.2) is 9.13 Å². The van der Waals surface area contributed by atoms with Gasteiger partial charge in [-0.3, -0.25) is 9.36 Å². The Balaban J connectivity index is 1.30. The molecule has 8 rings (SSSR count). The smallest absolute Gasteiger partial charge is 0.271 e. The molecule has 1 atom stereocenters. The molecule has 210 valence electrons. The Morgan fingerprint density at radius 1 is 0.884 bits per heavy atom. The summed E-state index contributed by atoms with van der Waals surface area (Å²) in [5.74, 6) is 0. The van der Waals surface area contributed by atoms with Crippen LogP contribution in [0.4, 0.5) is 0 Å². The van der Waals surface area contributed by atoms with E-state index in [9.17, 15) is 4.79 Å². The van der Waals surface area contributed by atoms with Crippen molar-refractivity contribution in [2.24, 2.45) is 4.99 Å². The van der Waals surface area contributed by atoms with Gasteiger partial charge in [-0.05, 0) is 59.4 Å². The molecule has 0 saturated heterocycles. The maximum atomic E-state index is 14.3. The summed E-state index contributed by atoms with van der Waals surface area (Å²) >= 11 is 13.9. The Bertz CT molecular complexity index is 2280. The largest absolute Gasteiger partial charge is 0.342 e. The van der Waals surface area contributed by atoms with Crippen molar-refractivity contribution in [3.8, 4) is 0 Å². The van der Waals surface area contributed by atoms with Crippen molar-refractivity contribution in [2.45, 2.75) is 25.4 Å². The quantitative estimate of drug-likeness (QED) is 0.200. The van der Waals surface area contributed by atoms with Crippen molar-refractivity contribution >= 4 is 57.2 Å². The van der Waals surface area contributed by atoms with Crippen LogP contribution < -0.4 is 14.9 Å². The Morgan fingerprint density at radius 2 is 1.67 bits per heavy atom. The van der Waals surface area contributed by atoms with E-state index < -0.39 is 0 Å². The number of benzene rings is 4. The number of hydrogen-bond acceptors (Lipinski definition) is 3. The van der Waals surface area contributed by atoms with E-state index in [2.05, 4.69) is 59.3 Å². The van der Waals surface area contributed by atoms with Crippen molar-refractivity contribution in [2.75, 3.05) is 0 Å². The van der Waals surface area contributed by atoms with Gasteiger partial charge >= 0.3 is 0 Å². The van der Waals surface area contributed by atoms with Crippen LogP contribution in [-0.2, 0) is 13.0 Å². The van der Waals surface area contributed by atoms with Crippen molar-refractivity contribution in [1.29, 1.82) is 0 Å². The molecule has 2 aromatic heterocycles. The first kappa shape index (κ1) is 26.5. The van der Waals surface area contributed by atoms with Gasteiger partial charge in [0.15, 0.2) is 4.80 Å². The third-order valence-electron chi connectivity index (χ3n) is 8.43. The lowest BCUT2D eigenvalue weighted by molar-refractivity contribution is 0.585. The number of fused-ring (bicyclic) bond motifs is 4. The SMILES string of the molecule is O=c1/c(=C/c2cn(Cc3ccc(Cl)c(Cl)c3)c3ccccc23)sc2n1[C@@H](c1ccccc1)C1=C(N=2)c2ccccc2CC1. The number of para-hydroxylation sites is 1. The zero-order chi connectivity index (χ0) is 29.1. The highest BCUT2D eigenvalue weighted by atomic mass is 35.5. The van der Waals surface area contributed by atoms with Crippen LogP contribution in [0.25, 0.3) is 22.7 Å². The maximum absolute atomic E-state index is 14.3. The molecule has 0 unspecified atom stereocenters. The van der Waals surface area contributed by atoms with E-state index in [4.69, 9.17) is 28.2 Å². The molecule has 7 heteroatoms. The number of hydrogen-bond donors (Lipinski definition) is 0. The summed E-state index contributed by atoms with van der Waals surface area (Å²) in [6.07, 6.45) is 5.95. The van der Waals surface area contributed by atoms with Crippen LogP contribution in [0.15, 0.2) is 119 Å². The molecule has 2 aliphatic rings. The van der Waals surface area contributed by atoms with E-state index in [1.165, 1.54) is 28.0 Å². The second kappa shape index (κ2) is 10.5. The fourth-order valence-corrected chi connectivity index (χ4v) is 7.77. The zero-order valence-corrected chi connectivity index (χ0v) is 25.3. The topological polar surface area (TPSA) is 39.3 Å². The molecule has 0 amide bonds. The van der Waals surface area contributed by atoms with E-state index in [1.54, 1.807) is 0 Å². The zero-order valence-electron chi connectivity index (χ0n) is 23.0. The third kappa shape index (κ3) is 4.51. The van der Waals surface area contributed by atoms with Crippen molar-refractivity contribution in [3.63, 3.8) is 0 Å². The minimum atomic E-state index is -0.182. The van der Waals surface area contributed by atoms with Gasteiger partial charge in [-0.2, -0.15) is 0 Å². The van der Waals surface area contributed by atoms with E-state index >= 15 is 0 Å². The summed E-state index contributed by atoms with van der Waals surface area (Å²) in [6.45, 7) is 0.632. The van der Waals surface area contributed by atoms with E-state index in [0.717, 1.165) is 50.9 Å². The second-order valence-corrected chi connectivity index (χ2v) is 12.8. The maximum Gasteiger partial charge on any atom is 0.271 e. The Morgan fingerprint density at radius 3 is 2.53 bits per heavy atom. The average Bonchev–Trinajstić information content (AvgIpc) is 3.54. The highest BCUT2D eigenvalue weighted by molar-refractivity contribution is 7.07. The molecule has 4 aromatic carbocycles. The highest BCUT2D eigenvalue weighted by Crippen LogP contribution is 2.41. The monoisotopic (exact) mass is 617 g/mol. The molecule has 0 spiro atoms. The fourth-order valence-electron chi connectivity index (χ4n) is 6.45. The van der Waals surface area contributed by atoms with Crippen LogP contribution in [0.2, 0.25) is 10.0 Å². The molecule has 0 radical (unpaired) electrons. The molecular weight excluding hydrogens is 593 g/mol. The average molecular weight is 619 g/mol. The van der Waals surface area contributed by atoms with E-state index in [0.29, 0.717) is 21.1 Å². The summed E-state index contributed by atoms with van der Waals surface area (Å²) in [5, 5.41) is 2.16. The summed E-state index contributed by atoms with van der Waals surface area (Å²) in [5.41, 5.74) is 8.93. The minimum Gasteiger partial charge on any atom is -0.342 e. The van der Waals surface area contributed by atoms with Crippen LogP contribution in [0.3, 0.4) is 0 Å². The number of allylic oxidation sites excluding steroid dienone is 1. The van der Waals surface area contributed by atoms with E-state index in [1.807, 2.05) is 59.2 Å². The summed E-state index contributed by atoms with van der Waals surface area (Å²) in [4.78, 5) is 20.1. The van der Waals surface area contributed by atoms with Crippen molar-refractivity contribution in [1.82, 2.24) is 9.13 Å². The third-order valence-corrected chi connectivity index (χ3v) is 10.2. The summed E-state index contributed by atoms with van der Waals surface area (Å²) < 4.78 is 4.78. The van der Waals surface area contributed by atoms with Gasteiger partial charge in [-0.1, -0.05) is 113 Å². The molecule has 3 heterocycles. The predicted molar refractivity (Wildman–Crippen MR) is 177 cm³/mol. The van der Waals surface area contributed by atoms with Gasteiger partial charge in [0.2, 0.25) is 0 Å². The molecule has 0 fully saturated rings.